The van der Waals surface area contributed by atoms with Crippen molar-refractivity contribution in [2.75, 3.05) is 18.0 Å². The van der Waals surface area contributed by atoms with Gasteiger partial charge in [-0.05, 0) is 44.5 Å². The Kier molecular flexibility index (Phi) is 5.06. The van der Waals surface area contributed by atoms with Gasteiger partial charge in [-0.15, -0.1) is 0 Å². The number of carbonyl (C=O) groups excluding carboxylic acids is 1. The summed E-state index contributed by atoms with van der Waals surface area (Å²) in [5.41, 5.74) is 0.654. The van der Waals surface area contributed by atoms with Crippen LogP contribution in [0.5, 0.6) is 0 Å². The molecule has 1 aliphatic heterocycles. The number of carboxylic acid groups (broad SMARTS) is 1. The van der Waals surface area contributed by atoms with Crippen LogP contribution in [0.1, 0.15) is 26.7 Å². The molecule has 0 aromatic heterocycles. The van der Waals surface area contributed by atoms with Crippen LogP contribution in [0.15, 0.2) is 29.2 Å². The minimum atomic E-state index is -3.90. The Bertz CT molecular complexity index is 697. The van der Waals surface area contributed by atoms with Crippen molar-refractivity contribution in [1.82, 2.24) is 4.31 Å². The van der Waals surface area contributed by atoms with Gasteiger partial charge in [-0.25, -0.2) is 8.42 Å². The SMILES string of the molecule is CC(C)N(CC(=O)O)S(=O)(=O)c1ccc(N2CCCC2=O)cc1. The van der Waals surface area contributed by atoms with E-state index in [-0.39, 0.29) is 10.8 Å². The van der Waals surface area contributed by atoms with Crippen molar-refractivity contribution in [3.05, 3.63) is 24.3 Å². The number of anilines is 1. The fourth-order valence-corrected chi connectivity index (χ4v) is 4.12. The number of benzene rings is 1. The molecule has 1 saturated heterocycles. The Balaban J connectivity index is 2.29. The smallest absolute Gasteiger partial charge is 0.318 e. The summed E-state index contributed by atoms with van der Waals surface area (Å²) in [5.74, 6) is -1.18. The van der Waals surface area contributed by atoms with Gasteiger partial charge in [0, 0.05) is 24.7 Å². The van der Waals surface area contributed by atoms with Crippen LogP contribution in [-0.2, 0) is 19.6 Å². The van der Waals surface area contributed by atoms with Gasteiger partial charge in [0.25, 0.3) is 0 Å². The van der Waals surface area contributed by atoms with Crippen molar-refractivity contribution in [3.8, 4) is 0 Å². The lowest BCUT2D eigenvalue weighted by molar-refractivity contribution is -0.137. The van der Waals surface area contributed by atoms with Crippen molar-refractivity contribution in [2.45, 2.75) is 37.6 Å². The van der Waals surface area contributed by atoms with Gasteiger partial charge in [0.2, 0.25) is 15.9 Å². The summed E-state index contributed by atoms with van der Waals surface area (Å²) in [4.78, 5) is 24.3. The average molecular weight is 340 g/mol. The molecule has 0 aliphatic carbocycles. The second kappa shape index (κ2) is 6.67. The van der Waals surface area contributed by atoms with Gasteiger partial charge in [0.1, 0.15) is 6.54 Å². The lowest BCUT2D eigenvalue weighted by Crippen LogP contribution is -2.40. The number of carbonyl (C=O) groups is 2. The van der Waals surface area contributed by atoms with E-state index in [0.29, 0.717) is 18.7 Å². The number of amides is 1. The molecule has 7 nitrogen and oxygen atoms in total. The van der Waals surface area contributed by atoms with Crippen LogP contribution in [0.2, 0.25) is 0 Å². The second-order valence-electron chi connectivity index (χ2n) is 5.68. The molecular weight excluding hydrogens is 320 g/mol. The zero-order valence-corrected chi connectivity index (χ0v) is 13.9. The quantitative estimate of drug-likeness (QED) is 0.842. The number of rotatable bonds is 6. The van der Waals surface area contributed by atoms with E-state index in [9.17, 15) is 18.0 Å². The summed E-state index contributed by atoms with van der Waals surface area (Å²) in [5, 5.41) is 8.91. The van der Waals surface area contributed by atoms with Gasteiger partial charge in [0.05, 0.1) is 4.90 Å². The highest BCUT2D eigenvalue weighted by molar-refractivity contribution is 7.89. The van der Waals surface area contributed by atoms with Crippen molar-refractivity contribution in [2.24, 2.45) is 0 Å². The molecule has 1 aromatic rings. The average Bonchev–Trinajstić information content (AvgIpc) is 2.90. The molecule has 1 aliphatic rings. The van der Waals surface area contributed by atoms with Crippen LogP contribution in [0.4, 0.5) is 5.69 Å². The van der Waals surface area contributed by atoms with Crippen molar-refractivity contribution in [1.29, 1.82) is 0 Å². The first-order valence-corrected chi connectivity index (χ1v) is 8.81. The first-order chi connectivity index (χ1) is 10.7. The zero-order chi connectivity index (χ0) is 17.2. The predicted octanol–water partition coefficient (Wildman–Crippen LogP) is 1.30. The van der Waals surface area contributed by atoms with Gasteiger partial charge in [-0.2, -0.15) is 4.31 Å². The normalized spacial score (nSPS) is 15.7. The van der Waals surface area contributed by atoms with Crippen molar-refractivity contribution in [3.63, 3.8) is 0 Å². The zero-order valence-electron chi connectivity index (χ0n) is 13.1. The maximum atomic E-state index is 12.6. The van der Waals surface area contributed by atoms with E-state index in [1.54, 1.807) is 30.9 Å². The first kappa shape index (κ1) is 17.4. The highest BCUT2D eigenvalue weighted by Gasteiger charge is 2.29. The molecule has 2 rings (SSSR count). The van der Waals surface area contributed by atoms with E-state index in [0.717, 1.165) is 10.7 Å². The van der Waals surface area contributed by atoms with Crippen LogP contribution in [-0.4, -0.2) is 48.8 Å². The van der Waals surface area contributed by atoms with E-state index in [1.165, 1.54) is 12.1 Å². The van der Waals surface area contributed by atoms with Crippen LogP contribution in [0, 0.1) is 0 Å². The Labute approximate surface area is 135 Å². The standard InChI is InChI=1S/C15H20N2O5S/c1-11(2)17(10-15(19)20)23(21,22)13-7-5-12(6-8-13)16-9-3-4-14(16)18/h5-8,11H,3-4,9-10H2,1-2H3,(H,19,20). The Morgan fingerprint density at radius 2 is 1.91 bits per heavy atom. The first-order valence-electron chi connectivity index (χ1n) is 7.37. The van der Waals surface area contributed by atoms with Crippen LogP contribution < -0.4 is 4.90 Å². The minimum absolute atomic E-state index is 0.0165. The van der Waals surface area contributed by atoms with E-state index >= 15 is 0 Å². The lowest BCUT2D eigenvalue weighted by atomic mass is 10.3. The molecule has 1 aromatic carbocycles. The summed E-state index contributed by atoms with van der Waals surface area (Å²) >= 11 is 0. The Morgan fingerprint density at radius 3 is 2.35 bits per heavy atom. The third-order valence-electron chi connectivity index (χ3n) is 3.70. The maximum absolute atomic E-state index is 12.6. The van der Waals surface area contributed by atoms with Gasteiger partial charge in [0.15, 0.2) is 0 Å². The van der Waals surface area contributed by atoms with E-state index < -0.39 is 28.6 Å². The molecular formula is C15H20N2O5S. The summed E-state index contributed by atoms with van der Waals surface area (Å²) < 4.78 is 26.1. The largest absolute Gasteiger partial charge is 0.480 e. The van der Waals surface area contributed by atoms with E-state index in [2.05, 4.69) is 0 Å². The van der Waals surface area contributed by atoms with Crippen LogP contribution in [0.3, 0.4) is 0 Å². The second-order valence-corrected chi connectivity index (χ2v) is 7.57. The van der Waals surface area contributed by atoms with Gasteiger partial charge in [-0.3, -0.25) is 9.59 Å². The molecule has 0 radical (unpaired) electrons. The molecule has 1 N–H and O–H groups in total. The predicted molar refractivity (Wildman–Crippen MR) is 84.7 cm³/mol. The number of carboxylic acids is 1. The third-order valence-corrected chi connectivity index (χ3v) is 5.73. The van der Waals surface area contributed by atoms with E-state index in [4.69, 9.17) is 5.11 Å². The lowest BCUT2D eigenvalue weighted by Gasteiger charge is -2.24. The topological polar surface area (TPSA) is 95.0 Å². The Hall–Kier alpha value is -1.93. The minimum Gasteiger partial charge on any atom is -0.480 e. The molecule has 0 unspecified atom stereocenters. The fourth-order valence-electron chi connectivity index (χ4n) is 2.53. The molecule has 0 atom stereocenters. The summed E-state index contributed by atoms with van der Waals surface area (Å²) in [6.07, 6.45) is 1.29. The van der Waals surface area contributed by atoms with Crippen LogP contribution in [0.25, 0.3) is 0 Å². The number of sulfonamides is 1. The summed E-state index contributed by atoms with van der Waals surface area (Å²) in [6, 6.07) is 5.50. The molecule has 0 saturated carbocycles. The number of nitrogens with zero attached hydrogens (tertiary/aromatic N) is 2. The number of hydrogen-bond acceptors (Lipinski definition) is 4. The molecule has 126 valence electrons. The summed E-state index contributed by atoms with van der Waals surface area (Å²) in [6.45, 7) is 3.28. The summed E-state index contributed by atoms with van der Waals surface area (Å²) in [7, 11) is -3.90. The highest BCUT2D eigenvalue weighted by Crippen LogP contribution is 2.25. The maximum Gasteiger partial charge on any atom is 0.318 e. The molecule has 8 heteroatoms. The third kappa shape index (κ3) is 3.70. The molecule has 23 heavy (non-hydrogen) atoms. The molecule has 1 amide bonds. The van der Waals surface area contributed by atoms with Gasteiger partial charge >= 0.3 is 5.97 Å². The Morgan fingerprint density at radius 1 is 1.30 bits per heavy atom. The molecule has 1 fully saturated rings. The van der Waals surface area contributed by atoms with Gasteiger partial charge in [-0.1, -0.05) is 0 Å². The molecule has 0 bridgehead atoms. The molecule has 0 spiro atoms. The van der Waals surface area contributed by atoms with Crippen molar-refractivity contribution >= 4 is 27.6 Å². The number of aliphatic carboxylic acids is 1. The van der Waals surface area contributed by atoms with E-state index in [1.807, 2.05) is 0 Å². The fraction of sp³-hybridized carbons (Fsp3) is 0.467. The number of hydrogen-bond donors (Lipinski definition) is 1. The van der Waals surface area contributed by atoms with Gasteiger partial charge < -0.3 is 10.0 Å². The van der Waals surface area contributed by atoms with Crippen LogP contribution >= 0.6 is 0 Å². The molecule has 1 heterocycles. The highest BCUT2D eigenvalue weighted by atomic mass is 32.2. The van der Waals surface area contributed by atoms with Crippen molar-refractivity contribution < 1.29 is 23.1 Å². The monoisotopic (exact) mass is 340 g/mol.